The number of rotatable bonds is 6. The summed E-state index contributed by atoms with van der Waals surface area (Å²) >= 11 is 0. The van der Waals surface area contributed by atoms with Crippen molar-refractivity contribution in [1.29, 1.82) is 0 Å². The lowest BCUT2D eigenvalue weighted by Gasteiger charge is -2.39. The summed E-state index contributed by atoms with van der Waals surface area (Å²) in [5.74, 6) is -0.414. The molecule has 184 valence electrons. The highest BCUT2D eigenvalue weighted by Gasteiger charge is 2.37. The lowest BCUT2D eigenvalue weighted by atomic mass is 9.93. The number of hydrogen-bond donors (Lipinski definition) is 1. The van der Waals surface area contributed by atoms with Crippen molar-refractivity contribution in [2.24, 2.45) is 0 Å². The Labute approximate surface area is 206 Å². The van der Waals surface area contributed by atoms with E-state index in [1.807, 2.05) is 66.4 Å². The summed E-state index contributed by atoms with van der Waals surface area (Å²) in [6.07, 6.45) is 0. The minimum absolute atomic E-state index is 0.0188. The summed E-state index contributed by atoms with van der Waals surface area (Å²) in [5, 5.41) is 2.96. The second-order valence-corrected chi connectivity index (χ2v) is 8.87. The van der Waals surface area contributed by atoms with Gasteiger partial charge in [-0.05, 0) is 31.5 Å². The van der Waals surface area contributed by atoms with Gasteiger partial charge in [-0.15, -0.1) is 0 Å². The lowest BCUT2D eigenvalue weighted by Crippen LogP contribution is -2.53. The number of urea groups is 1. The number of hydrogen-bond acceptors (Lipinski definition) is 5. The van der Waals surface area contributed by atoms with Crippen LogP contribution in [0.2, 0.25) is 0 Å². The van der Waals surface area contributed by atoms with E-state index in [0.29, 0.717) is 49.6 Å². The van der Waals surface area contributed by atoms with Gasteiger partial charge in [0, 0.05) is 51.0 Å². The van der Waals surface area contributed by atoms with Crippen molar-refractivity contribution in [3.8, 4) is 0 Å². The van der Waals surface area contributed by atoms with Crippen molar-refractivity contribution >= 4 is 17.9 Å². The van der Waals surface area contributed by atoms with E-state index in [-0.39, 0.29) is 18.5 Å². The zero-order valence-electron chi connectivity index (χ0n) is 20.5. The van der Waals surface area contributed by atoms with E-state index in [2.05, 4.69) is 10.2 Å². The summed E-state index contributed by atoms with van der Waals surface area (Å²) < 4.78 is 5.41. The minimum atomic E-state index is -0.589. The van der Waals surface area contributed by atoms with Crippen LogP contribution in [0.15, 0.2) is 65.9 Å². The van der Waals surface area contributed by atoms with Crippen LogP contribution in [-0.2, 0) is 9.53 Å². The second kappa shape index (κ2) is 10.7. The van der Waals surface area contributed by atoms with Gasteiger partial charge in [0.15, 0.2) is 0 Å². The van der Waals surface area contributed by atoms with Crippen molar-refractivity contribution in [1.82, 2.24) is 20.0 Å². The number of benzene rings is 2. The highest BCUT2D eigenvalue weighted by Crippen LogP contribution is 2.31. The SMILES string of the molecule is CCOC(=O)C1=C(CN2CCN(C(=O)c3ccccc3)CC2)N(C)C(=O)N[C@H]1c1ccc(C)cc1. The van der Waals surface area contributed by atoms with Gasteiger partial charge in [0.2, 0.25) is 0 Å². The van der Waals surface area contributed by atoms with Crippen LogP contribution in [0, 0.1) is 6.92 Å². The number of ether oxygens (including phenoxy) is 1. The minimum Gasteiger partial charge on any atom is -0.463 e. The van der Waals surface area contributed by atoms with Gasteiger partial charge in [-0.1, -0.05) is 48.0 Å². The monoisotopic (exact) mass is 476 g/mol. The first-order chi connectivity index (χ1) is 16.9. The standard InChI is InChI=1S/C27H32N4O4/c1-4-35-26(33)23-22(29(3)27(34)28-24(23)20-12-10-19(2)11-13-20)18-30-14-16-31(17-15-30)25(32)21-8-6-5-7-9-21/h5-13,24H,4,14-18H2,1-3H3,(H,28,34)/t24-/m0/s1. The average molecular weight is 477 g/mol. The summed E-state index contributed by atoms with van der Waals surface area (Å²) in [7, 11) is 1.67. The van der Waals surface area contributed by atoms with Gasteiger partial charge in [-0.2, -0.15) is 0 Å². The van der Waals surface area contributed by atoms with Crippen LogP contribution in [0.4, 0.5) is 4.79 Å². The zero-order chi connectivity index (χ0) is 24.9. The number of piperazine rings is 1. The first kappa shape index (κ1) is 24.5. The number of amides is 3. The molecule has 2 aliphatic heterocycles. The third-order valence-corrected chi connectivity index (χ3v) is 6.54. The Balaban J connectivity index is 1.57. The molecule has 1 saturated heterocycles. The normalized spacial score (nSPS) is 18.9. The molecule has 0 saturated carbocycles. The zero-order valence-corrected chi connectivity index (χ0v) is 20.5. The molecule has 3 amide bonds. The second-order valence-electron chi connectivity index (χ2n) is 8.87. The molecule has 0 aromatic heterocycles. The Morgan fingerprint density at radius 3 is 2.29 bits per heavy atom. The van der Waals surface area contributed by atoms with E-state index in [1.54, 1.807) is 14.0 Å². The van der Waals surface area contributed by atoms with Crippen LogP contribution in [0.25, 0.3) is 0 Å². The van der Waals surface area contributed by atoms with Crippen molar-refractivity contribution < 1.29 is 19.1 Å². The van der Waals surface area contributed by atoms with Crippen LogP contribution in [0.3, 0.4) is 0 Å². The first-order valence-corrected chi connectivity index (χ1v) is 12.0. The number of esters is 1. The molecule has 2 aromatic rings. The van der Waals surface area contributed by atoms with Gasteiger partial charge in [-0.3, -0.25) is 14.6 Å². The van der Waals surface area contributed by atoms with Crippen LogP contribution in [0.5, 0.6) is 0 Å². The fraction of sp³-hybridized carbons (Fsp3) is 0.370. The number of carbonyl (C=O) groups excluding carboxylic acids is 3. The predicted molar refractivity (Wildman–Crippen MR) is 133 cm³/mol. The van der Waals surface area contributed by atoms with Crippen molar-refractivity contribution in [2.45, 2.75) is 19.9 Å². The van der Waals surface area contributed by atoms with Crippen LogP contribution < -0.4 is 5.32 Å². The van der Waals surface area contributed by atoms with E-state index in [4.69, 9.17) is 4.74 Å². The van der Waals surface area contributed by atoms with Crippen LogP contribution in [0.1, 0.15) is 34.5 Å². The number of nitrogens with one attached hydrogen (secondary N) is 1. The van der Waals surface area contributed by atoms with E-state index >= 15 is 0 Å². The third kappa shape index (κ3) is 5.38. The van der Waals surface area contributed by atoms with E-state index < -0.39 is 12.0 Å². The third-order valence-electron chi connectivity index (χ3n) is 6.54. The van der Waals surface area contributed by atoms with E-state index in [0.717, 1.165) is 11.1 Å². The molecular weight excluding hydrogens is 444 g/mol. The molecule has 2 aromatic carbocycles. The van der Waals surface area contributed by atoms with Gasteiger partial charge < -0.3 is 15.0 Å². The molecule has 2 heterocycles. The molecule has 1 atom stereocenters. The quantitative estimate of drug-likeness (QED) is 0.649. The molecule has 0 radical (unpaired) electrons. The molecule has 2 aliphatic rings. The van der Waals surface area contributed by atoms with Gasteiger partial charge in [0.05, 0.1) is 18.2 Å². The molecule has 4 rings (SSSR count). The smallest absolute Gasteiger partial charge is 0.338 e. The van der Waals surface area contributed by atoms with E-state index in [9.17, 15) is 14.4 Å². The number of likely N-dealkylation sites (N-methyl/N-ethyl adjacent to an activating group) is 1. The number of aryl methyl sites for hydroxylation is 1. The fourth-order valence-corrected chi connectivity index (χ4v) is 4.49. The molecule has 0 bridgehead atoms. The van der Waals surface area contributed by atoms with Crippen molar-refractivity contribution in [2.75, 3.05) is 46.4 Å². The van der Waals surface area contributed by atoms with Gasteiger partial charge >= 0.3 is 12.0 Å². The number of nitrogens with zero attached hydrogens (tertiary/aromatic N) is 3. The molecule has 0 unspecified atom stereocenters. The molecular formula is C27H32N4O4. The highest BCUT2D eigenvalue weighted by molar-refractivity contribution is 5.95. The van der Waals surface area contributed by atoms with Gasteiger partial charge in [0.1, 0.15) is 0 Å². The number of carbonyl (C=O) groups is 3. The summed E-state index contributed by atoms with van der Waals surface area (Å²) in [5.41, 5.74) is 3.67. The van der Waals surface area contributed by atoms with E-state index in [1.165, 1.54) is 4.90 Å². The van der Waals surface area contributed by atoms with Crippen LogP contribution in [-0.4, -0.2) is 79.0 Å². The van der Waals surface area contributed by atoms with Crippen molar-refractivity contribution in [3.05, 3.63) is 82.6 Å². The Morgan fingerprint density at radius 2 is 1.66 bits per heavy atom. The molecule has 8 nitrogen and oxygen atoms in total. The Kier molecular flexibility index (Phi) is 7.51. The Morgan fingerprint density at radius 1 is 1.00 bits per heavy atom. The average Bonchev–Trinajstić information content (AvgIpc) is 2.88. The largest absolute Gasteiger partial charge is 0.463 e. The maximum Gasteiger partial charge on any atom is 0.338 e. The maximum atomic E-state index is 13.1. The summed E-state index contributed by atoms with van der Waals surface area (Å²) in [6, 6.07) is 16.2. The summed E-state index contributed by atoms with van der Waals surface area (Å²) in [6.45, 7) is 6.85. The molecule has 35 heavy (non-hydrogen) atoms. The Hall–Kier alpha value is -3.65. The maximum absolute atomic E-state index is 13.1. The topological polar surface area (TPSA) is 82.2 Å². The fourth-order valence-electron chi connectivity index (χ4n) is 4.49. The highest BCUT2D eigenvalue weighted by atomic mass is 16.5. The molecule has 1 N–H and O–H groups in total. The molecule has 1 fully saturated rings. The molecule has 8 heteroatoms. The van der Waals surface area contributed by atoms with Crippen LogP contribution >= 0.6 is 0 Å². The predicted octanol–water partition coefficient (Wildman–Crippen LogP) is 2.97. The summed E-state index contributed by atoms with van der Waals surface area (Å²) in [4.78, 5) is 44.3. The molecule has 0 aliphatic carbocycles. The molecule has 0 spiro atoms. The van der Waals surface area contributed by atoms with Gasteiger partial charge in [0.25, 0.3) is 5.91 Å². The van der Waals surface area contributed by atoms with Crippen molar-refractivity contribution in [3.63, 3.8) is 0 Å². The Bertz CT molecular complexity index is 1110. The van der Waals surface area contributed by atoms with Gasteiger partial charge in [-0.25, -0.2) is 9.59 Å². The lowest BCUT2D eigenvalue weighted by molar-refractivity contribution is -0.139. The first-order valence-electron chi connectivity index (χ1n) is 12.0.